The van der Waals surface area contributed by atoms with Gasteiger partial charge in [-0.25, -0.2) is 0 Å². The van der Waals surface area contributed by atoms with Gasteiger partial charge in [-0.1, -0.05) is 12.1 Å². The first-order valence-electron chi connectivity index (χ1n) is 4.75. The Labute approximate surface area is 93.0 Å². The lowest BCUT2D eigenvalue weighted by Gasteiger charge is -2.00. The zero-order chi connectivity index (χ0) is 11.1. The summed E-state index contributed by atoms with van der Waals surface area (Å²) in [6.45, 7) is 0.696. The summed E-state index contributed by atoms with van der Waals surface area (Å²) >= 11 is 1.75. The van der Waals surface area contributed by atoms with E-state index < -0.39 is 0 Å². The maximum absolute atomic E-state index is 10.5. The molecule has 1 aromatic rings. The fraction of sp³-hybridized carbons (Fsp3) is 0.400. The molecule has 0 heterocycles. The van der Waals surface area contributed by atoms with Crippen LogP contribution in [0.3, 0.4) is 0 Å². The van der Waals surface area contributed by atoms with E-state index in [1.54, 1.807) is 23.9 Å². The van der Waals surface area contributed by atoms with E-state index in [0.717, 1.165) is 23.5 Å². The van der Waals surface area contributed by atoms with E-state index in [-0.39, 0.29) is 10.6 Å². The van der Waals surface area contributed by atoms with Gasteiger partial charge in [0.05, 0.1) is 4.92 Å². The van der Waals surface area contributed by atoms with Crippen LogP contribution in [0.2, 0.25) is 0 Å². The summed E-state index contributed by atoms with van der Waals surface area (Å²) in [7, 11) is 0. The van der Waals surface area contributed by atoms with Crippen LogP contribution >= 0.6 is 11.8 Å². The second kappa shape index (κ2) is 6.42. The highest BCUT2D eigenvalue weighted by atomic mass is 32.2. The number of nitro groups is 1. The molecule has 1 aromatic carbocycles. The Morgan fingerprint density at radius 3 is 2.93 bits per heavy atom. The second-order valence-electron chi connectivity index (χ2n) is 3.12. The van der Waals surface area contributed by atoms with Crippen molar-refractivity contribution in [3.63, 3.8) is 0 Å². The smallest absolute Gasteiger partial charge is 0.269 e. The van der Waals surface area contributed by atoms with Gasteiger partial charge >= 0.3 is 0 Å². The number of nitrogens with zero attached hydrogens (tertiary/aromatic N) is 1. The fourth-order valence-electron chi connectivity index (χ4n) is 1.14. The number of thioether (sulfide) groups is 1. The Hall–Kier alpha value is -1.07. The summed E-state index contributed by atoms with van der Waals surface area (Å²) in [6, 6.07) is 6.75. The molecule has 0 radical (unpaired) electrons. The Morgan fingerprint density at radius 1 is 1.47 bits per heavy atom. The molecule has 0 unspecified atom stereocenters. The first-order chi connectivity index (χ1) is 7.24. The lowest BCUT2D eigenvalue weighted by Crippen LogP contribution is -1.99. The van der Waals surface area contributed by atoms with Crippen LogP contribution in [0.5, 0.6) is 0 Å². The summed E-state index contributed by atoms with van der Waals surface area (Å²) in [5, 5.41) is 10.5. The summed E-state index contributed by atoms with van der Waals surface area (Å²) in [4.78, 5) is 10.1. The number of non-ortho nitro benzene ring substituents is 1. The van der Waals surface area contributed by atoms with E-state index in [1.165, 1.54) is 6.07 Å². The molecule has 0 aromatic heterocycles. The number of nitrogens with two attached hydrogens (primary N) is 1. The monoisotopic (exact) mass is 226 g/mol. The van der Waals surface area contributed by atoms with Gasteiger partial charge in [0.2, 0.25) is 0 Å². The number of hydrogen-bond acceptors (Lipinski definition) is 4. The number of benzene rings is 1. The molecule has 0 aliphatic heterocycles. The zero-order valence-electron chi connectivity index (χ0n) is 8.39. The first kappa shape index (κ1) is 12.0. The molecule has 4 nitrogen and oxygen atoms in total. The fourth-order valence-corrected chi connectivity index (χ4v) is 2.07. The Kier molecular flexibility index (Phi) is 5.14. The summed E-state index contributed by atoms with van der Waals surface area (Å²) < 4.78 is 0. The van der Waals surface area contributed by atoms with E-state index >= 15 is 0 Å². The molecule has 0 atom stereocenters. The van der Waals surface area contributed by atoms with Crippen LogP contribution < -0.4 is 5.73 Å². The minimum absolute atomic E-state index is 0.159. The molecule has 0 bridgehead atoms. The molecular formula is C10H14N2O2S. The predicted molar refractivity (Wildman–Crippen MR) is 62.9 cm³/mol. The normalized spacial score (nSPS) is 10.2. The largest absolute Gasteiger partial charge is 0.330 e. The van der Waals surface area contributed by atoms with E-state index in [9.17, 15) is 10.1 Å². The van der Waals surface area contributed by atoms with Crippen molar-refractivity contribution in [3.8, 4) is 0 Å². The Balaban J connectivity index is 2.47. The van der Waals surface area contributed by atoms with Gasteiger partial charge in [0.25, 0.3) is 5.69 Å². The molecule has 0 amide bonds. The van der Waals surface area contributed by atoms with Crippen molar-refractivity contribution in [1.82, 2.24) is 0 Å². The van der Waals surface area contributed by atoms with Crippen LogP contribution in [0.15, 0.2) is 24.3 Å². The maximum Gasteiger partial charge on any atom is 0.269 e. The minimum atomic E-state index is -0.367. The van der Waals surface area contributed by atoms with Crippen molar-refractivity contribution in [3.05, 3.63) is 39.9 Å². The molecule has 0 spiro atoms. The van der Waals surface area contributed by atoms with Gasteiger partial charge in [0.1, 0.15) is 0 Å². The predicted octanol–water partition coefficient (Wildman–Crippen LogP) is 2.18. The molecule has 82 valence electrons. The van der Waals surface area contributed by atoms with Gasteiger partial charge in [-0.05, 0) is 24.3 Å². The average Bonchev–Trinajstić information content (AvgIpc) is 2.25. The molecule has 2 N–H and O–H groups in total. The van der Waals surface area contributed by atoms with Crippen LogP contribution in [-0.2, 0) is 5.75 Å². The third-order valence-electron chi connectivity index (χ3n) is 1.88. The molecule has 0 saturated carbocycles. The van der Waals surface area contributed by atoms with Gasteiger partial charge in [-0.15, -0.1) is 0 Å². The highest BCUT2D eigenvalue weighted by Gasteiger charge is 2.04. The van der Waals surface area contributed by atoms with Gasteiger partial charge in [-0.3, -0.25) is 10.1 Å². The molecule has 0 aliphatic rings. The quantitative estimate of drug-likeness (QED) is 0.458. The lowest BCUT2D eigenvalue weighted by atomic mass is 10.2. The molecule has 0 fully saturated rings. The van der Waals surface area contributed by atoms with Crippen LogP contribution in [0.1, 0.15) is 12.0 Å². The summed E-state index contributed by atoms with van der Waals surface area (Å²) in [5.41, 5.74) is 6.52. The van der Waals surface area contributed by atoms with Crippen molar-refractivity contribution in [1.29, 1.82) is 0 Å². The highest BCUT2D eigenvalue weighted by Crippen LogP contribution is 2.18. The van der Waals surface area contributed by atoms with Gasteiger partial charge in [0, 0.05) is 17.9 Å². The van der Waals surface area contributed by atoms with E-state index in [4.69, 9.17) is 5.73 Å². The second-order valence-corrected chi connectivity index (χ2v) is 4.23. The third kappa shape index (κ3) is 4.31. The highest BCUT2D eigenvalue weighted by molar-refractivity contribution is 7.98. The topological polar surface area (TPSA) is 69.2 Å². The molecule has 15 heavy (non-hydrogen) atoms. The van der Waals surface area contributed by atoms with Crippen molar-refractivity contribution >= 4 is 17.4 Å². The minimum Gasteiger partial charge on any atom is -0.330 e. The van der Waals surface area contributed by atoms with Crippen molar-refractivity contribution in [2.24, 2.45) is 5.73 Å². The van der Waals surface area contributed by atoms with Crippen molar-refractivity contribution in [2.75, 3.05) is 12.3 Å². The Morgan fingerprint density at radius 2 is 2.27 bits per heavy atom. The van der Waals surface area contributed by atoms with E-state index in [0.29, 0.717) is 6.54 Å². The number of rotatable bonds is 6. The lowest BCUT2D eigenvalue weighted by molar-refractivity contribution is -0.384. The average molecular weight is 226 g/mol. The van der Waals surface area contributed by atoms with Gasteiger partial charge in [0.15, 0.2) is 0 Å². The van der Waals surface area contributed by atoms with Gasteiger partial charge < -0.3 is 5.73 Å². The summed E-state index contributed by atoms with van der Waals surface area (Å²) in [5.74, 6) is 1.81. The third-order valence-corrected chi connectivity index (χ3v) is 3.00. The van der Waals surface area contributed by atoms with Gasteiger partial charge in [-0.2, -0.15) is 11.8 Å². The Bertz CT molecular complexity index is 331. The SMILES string of the molecule is NCCCSCc1cccc([N+](=O)[O-])c1. The standard InChI is InChI=1S/C10H14N2O2S/c11-5-2-6-15-8-9-3-1-4-10(7-9)12(13)14/h1,3-4,7H,2,5-6,8,11H2. The van der Waals surface area contributed by atoms with Crippen LogP contribution in [0.4, 0.5) is 5.69 Å². The maximum atomic E-state index is 10.5. The van der Waals surface area contributed by atoms with Crippen LogP contribution in [-0.4, -0.2) is 17.2 Å². The van der Waals surface area contributed by atoms with Crippen molar-refractivity contribution in [2.45, 2.75) is 12.2 Å². The molecule has 5 heteroatoms. The number of nitro benzene ring substituents is 1. The molecule has 0 aliphatic carbocycles. The van der Waals surface area contributed by atoms with Crippen molar-refractivity contribution < 1.29 is 4.92 Å². The number of hydrogen-bond donors (Lipinski definition) is 1. The summed E-state index contributed by atoms with van der Waals surface area (Å²) in [6.07, 6.45) is 0.986. The van der Waals surface area contributed by atoms with Crippen LogP contribution in [0, 0.1) is 10.1 Å². The molecule has 0 saturated heterocycles. The molecular weight excluding hydrogens is 212 g/mol. The molecule has 1 rings (SSSR count). The van der Waals surface area contributed by atoms with E-state index in [1.807, 2.05) is 6.07 Å². The van der Waals surface area contributed by atoms with Crippen LogP contribution in [0.25, 0.3) is 0 Å². The first-order valence-corrected chi connectivity index (χ1v) is 5.90. The zero-order valence-corrected chi connectivity index (χ0v) is 9.20. The van der Waals surface area contributed by atoms with E-state index in [2.05, 4.69) is 0 Å².